The molecule has 0 aromatic carbocycles. The number of nitrogens with zero attached hydrogens (tertiary/aromatic N) is 2. The normalized spacial score (nSPS) is 10.4. The zero-order chi connectivity index (χ0) is 11.4. The maximum Gasteiger partial charge on any atom is 0.0466 e. The molecule has 2 rings (SSSR count). The highest BCUT2D eigenvalue weighted by Gasteiger charge is 2.00. The molecule has 2 aromatic heterocycles. The fourth-order valence-corrected chi connectivity index (χ4v) is 1.71. The predicted molar refractivity (Wildman–Crippen MR) is 65.4 cm³/mol. The van der Waals surface area contributed by atoms with E-state index in [9.17, 15) is 0 Å². The average molecular weight is 212 g/mol. The van der Waals surface area contributed by atoms with Crippen molar-refractivity contribution in [2.24, 2.45) is 0 Å². The number of aromatic nitrogens is 2. The lowest BCUT2D eigenvalue weighted by Gasteiger charge is -2.03. The third-order valence-corrected chi connectivity index (χ3v) is 2.53. The maximum atomic E-state index is 4.58. The summed E-state index contributed by atoms with van der Waals surface area (Å²) in [7, 11) is 0. The van der Waals surface area contributed by atoms with Gasteiger partial charge in [-0.3, -0.25) is 9.97 Å². The second kappa shape index (κ2) is 4.88. The van der Waals surface area contributed by atoms with Crippen LogP contribution in [0.2, 0.25) is 0 Å². The fraction of sp³-hybridized carbons (Fsp3) is 0.286. The summed E-state index contributed by atoms with van der Waals surface area (Å²) in [5.41, 5.74) is 4.38. The first-order chi connectivity index (χ1) is 7.78. The monoisotopic (exact) mass is 212 g/mol. The first kappa shape index (κ1) is 10.8. The largest absolute Gasteiger partial charge is 0.258 e. The maximum absolute atomic E-state index is 4.58. The molecule has 0 radical (unpaired) electrons. The van der Waals surface area contributed by atoms with Gasteiger partial charge in [0, 0.05) is 29.2 Å². The molecule has 2 nitrogen and oxygen atoms in total. The van der Waals surface area contributed by atoms with Crippen LogP contribution in [0.3, 0.4) is 0 Å². The highest BCUT2D eigenvalue weighted by molar-refractivity contribution is 5.19. The van der Waals surface area contributed by atoms with Gasteiger partial charge in [-0.25, -0.2) is 0 Å². The van der Waals surface area contributed by atoms with Gasteiger partial charge < -0.3 is 0 Å². The Bertz CT molecular complexity index is 478. The summed E-state index contributed by atoms with van der Waals surface area (Å²) in [6, 6.07) is 12.3. The van der Waals surface area contributed by atoms with Gasteiger partial charge >= 0.3 is 0 Å². The van der Waals surface area contributed by atoms with E-state index in [-0.39, 0.29) is 0 Å². The van der Waals surface area contributed by atoms with Crippen molar-refractivity contribution in [3.63, 3.8) is 0 Å². The van der Waals surface area contributed by atoms with Gasteiger partial charge in [-0.1, -0.05) is 19.1 Å². The van der Waals surface area contributed by atoms with Crippen LogP contribution in [0.25, 0.3) is 0 Å². The summed E-state index contributed by atoms with van der Waals surface area (Å²) in [5, 5.41) is 0. The molecule has 0 aliphatic rings. The molecule has 0 atom stereocenters. The first-order valence-electron chi connectivity index (χ1n) is 5.65. The molecule has 2 heterocycles. The van der Waals surface area contributed by atoms with E-state index in [2.05, 4.69) is 35.1 Å². The lowest BCUT2D eigenvalue weighted by atomic mass is 10.1. The molecule has 0 aliphatic heterocycles. The van der Waals surface area contributed by atoms with Crippen LogP contribution >= 0.6 is 0 Å². The second-order valence-electron chi connectivity index (χ2n) is 3.92. The molecule has 0 saturated carbocycles. The number of rotatable bonds is 3. The van der Waals surface area contributed by atoms with Crippen molar-refractivity contribution >= 4 is 0 Å². The molecule has 82 valence electrons. The molecule has 0 bridgehead atoms. The van der Waals surface area contributed by atoms with E-state index in [0.29, 0.717) is 0 Å². The molecule has 0 N–H and O–H groups in total. The van der Waals surface area contributed by atoms with E-state index >= 15 is 0 Å². The van der Waals surface area contributed by atoms with Crippen molar-refractivity contribution < 1.29 is 0 Å². The summed E-state index contributed by atoms with van der Waals surface area (Å²) >= 11 is 0. The van der Waals surface area contributed by atoms with Gasteiger partial charge in [0.15, 0.2) is 0 Å². The fourth-order valence-electron chi connectivity index (χ4n) is 1.71. The average Bonchev–Trinajstić information content (AvgIpc) is 2.29. The van der Waals surface area contributed by atoms with E-state index in [1.165, 1.54) is 0 Å². The van der Waals surface area contributed by atoms with Crippen molar-refractivity contribution in [3.05, 3.63) is 59.2 Å². The molecule has 0 spiro atoms. The van der Waals surface area contributed by atoms with E-state index in [0.717, 1.165) is 35.6 Å². The van der Waals surface area contributed by atoms with Crippen molar-refractivity contribution in [3.8, 4) is 0 Å². The number of pyridine rings is 2. The van der Waals surface area contributed by atoms with Gasteiger partial charge in [0.2, 0.25) is 0 Å². The molecule has 0 saturated heterocycles. The van der Waals surface area contributed by atoms with Crippen LogP contribution < -0.4 is 0 Å². The topological polar surface area (TPSA) is 25.8 Å². The Balaban J connectivity index is 2.20. The van der Waals surface area contributed by atoms with Crippen molar-refractivity contribution in [2.75, 3.05) is 0 Å². The molecule has 0 fully saturated rings. The zero-order valence-electron chi connectivity index (χ0n) is 9.77. The van der Waals surface area contributed by atoms with Crippen molar-refractivity contribution in [1.29, 1.82) is 0 Å². The number of aryl methyl sites for hydroxylation is 2. The molecule has 16 heavy (non-hydrogen) atoms. The smallest absolute Gasteiger partial charge is 0.0466 e. The summed E-state index contributed by atoms with van der Waals surface area (Å²) in [4.78, 5) is 9.06. The second-order valence-corrected chi connectivity index (χ2v) is 3.92. The van der Waals surface area contributed by atoms with Crippen LogP contribution in [0.5, 0.6) is 0 Å². The lowest BCUT2D eigenvalue weighted by molar-refractivity contribution is 0.943. The molecule has 2 aromatic rings. The van der Waals surface area contributed by atoms with Crippen LogP contribution in [0.15, 0.2) is 36.4 Å². The van der Waals surface area contributed by atoms with Gasteiger partial charge in [-0.15, -0.1) is 0 Å². The Morgan fingerprint density at radius 1 is 0.875 bits per heavy atom. The van der Waals surface area contributed by atoms with E-state index < -0.39 is 0 Å². The van der Waals surface area contributed by atoms with Crippen molar-refractivity contribution in [1.82, 2.24) is 9.97 Å². The van der Waals surface area contributed by atoms with Crippen LogP contribution in [0.1, 0.15) is 29.7 Å². The van der Waals surface area contributed by atoms with Gasteiger partial charge in [0.25, 0.3) is 0 Å². The van der Waals surface area contributed by atoms with Crippen molar-refractivity contribution in [2.45, 2.75) is 26.7 Å². The number of hydrogen-bond acceptors (Lipinski definition) is 2. The summed E-state index contributed by atoms with van der Waals surface area (Å²) < 4.78 is 0. The van der Waals surface area contributed by atoms with Crippen LogP contribution in [0, 0.1) is 6.92 Å². The van der Waals surface area contributed by atoms with Gasteiger partial charge in [0.05, 0.1) is 0 Å². The van der Waals surface area contributed by atoms with E-state index in [4.69, 9.17) is 0 Å². The van der Waals surface area contributed by atoms with Crippen LogP contribution in [0.4, 0.5) is 0 Å². The molecule has 2 heteroatoms. The summed E-state index contributed by atoms with van der Waals surface area (Å²) in [6.07, 6.45) is 1.80. The van der Waals surface area contributed by atoms with Gasteiger partial charge in [-0.05, 0) is 37.6 Å². The highest BCUT2D eigenvalue weighted by Crippen LogP contribution is 2.07. The SMILES string of the molecule is CCc1cccc(Cc2cccc(C)n2)n1. The standard InChI is InChI=1S/C14H16N2/c1-3-12-7-5-9-14(16-12)10-13-8-4-6-11(2)15-13/h4-9H,3,10H2,1-2H3. The third-order valence-electron chi connectivity index (χ3n) is 2.53. The number of hydrogen-bond donors (Lipinski definition) is 0. The summed E-state index contributed by atoms with van der Waals surface area (Å²) in [5.74, 6) is 0. The molecule has 0 aliphatic carbocycles. The minimum Gasteiger partial charge on any atom is -0.258 e. The quantitative estimate of drug-likeness (QED) is 0.781. The Morgan fingerprint density at radius 3 is 2.19 bits per heavy atom. The Morgan fingerprint density at radius 2 is 1.50 bits per heavy atom. The molecule has 0 unspecified atom stereocenters. The van der Waals surface area contributed by atoms with Gasteiger partial charge in [-0.2, -0.15) is 0 Å². The summed E-state index contributed by atoms with van der Waals surface area (Å²) in [6.45, 7) is 4.14. The molecule has 0 amide bonds. The minimum absolute atomic E-state index is 0.815. The van der Waals surface area contributed by atoms with Gasteiger partial charge in [0.1, 0.15) is 0 Å². The zero-order valence-corrected chi connectivity index (χ0v) is 9.77. The lowest BCUT2D eigenvalue weighted by Crippen LogP contribution is -1.98. The Labute approximate surface area is 96.4 Å². The van der Waals surface area contributed by atoms with E-state index in [1.807, 2.05) is 25.1 Å². The minimum atomic E-state index is 0.815. The van der Waals surface area contributed by atoms with Crippen LogP contribution in [-0.2, 0) is 12.8 Å². The Kier molecular flexibility index (Phi) is 3.30. The highest BCUT2D eigenvalue weighted by atomic mass is 14.7. The molecular formula is C14H16N2. The Hall–Kier alpha value is -1.70. The predicted octanol–water partition coefficient (Wildman–Crippen LogP) is 2.94. The van der Waals surface area contributed by atoms with Crippen LogP contribution in [-0.4, -0.2) is 9.97 Å². The first-order valence-corrected chi connectivity index (χ1v) is 5.65. The molecular weight excluding hydrogens is 196 g/mol. The third kappa shape index (κ3) is 2.66. The van der Waals surface area contributed by atoms with E-state index in [1.54, 1.807) is 0 Å².